The topological polar surface area (TPSA) is 82.7 Å². The van der Waals surface area contributed by atoms with Crippen molar-refractivity contribution in [2.24, 2.45) is 0 Å². The molecular weight excluding hydrogens is 428 g/mol. The average molecular weight is 459 g/mol. The summed E-state index contributed by atoms with van der Waals surface area (Å²) in [6.07, 6.45) is 2.22. The van der Waals surface area contributed by atoms with Gasteiger partial charge in [0.1, 0.15) is 5.75 Å². The Kier molecular flexibility index (Phi) is 7.32. The minimum absolute atomic E-state index is 0.203. The lowest BCUT2D eigenvalue weighted by molar-refractivity contribution is 0.0951. The molecule has 0 radical (unpaired) electrons. The van der Waals surface area contributed by atoms with Crippen molar-refractivity contribution in [3.63, 3.8) is 0 Å². The quantitative estimate of drug-likeness (QED) is 0.456. The second-order valence-electron chi connectivity index (χ2n) is 8.40. The number of hydrogen-bond donors (Lipinski definition) is 3. The molecule has 3 amide bonds. The van der Waals surface area contributed by atoms with Gasteiger partial charge in [0.15, 0.2) is 0 Å². The van der Waals surface area contributed by atoms with Gasteiger partial charge in [0, 0.05) is 30.9 Å². The highest BCUT2D eigenvalue weighted by Crippen LogP contribution is 2.30. The van der Waals surface area contributed by atoms with Crippen molar-refractivity contribution in [2.75, 3.05) is 35.7 Å². The molecule has 0 spiro atoms. The van der Waals surface area contributed by atoms with E-state index in [2.05, 4.69) is 20.9 Å². The Balaban J connectivity index is 1.48. The fourth-order valence-corrected chi connectivity index (χ4v) is 3.96. The first-order valence-electron chi connectivity index (χ1n) is 11.5. The van der Waals surface area contributed by atoms with Gasteiger partial charge in [-0.1, -0.05) is 29.8 Å². The van der Waals surface area contributed by atoms with Crippen LogP contribution in [-0.4, -0.2) is 32.1 Å². The Labute approximate surface area is 200 Å². The van der Waals surface area contributed by atoms with Crippen molar-refractivity contribution in [1.82, 2.24) is 5.32 Å². The molecule has 1 aliphatic rings. The summed E-state index contributed by atoms with van der Waals surface area (Å²) in [6, 6.07) is 20.3. The van der Waals surface area contributed by atoms with Gasteiger partial charge in [0.25, 0.3) is 5.91 Å². The maximum absolute atomic E-state index is 12.9. The van der Waals surface area contributed by atoms with Crippen molar-refractivity contribution < 1.29 is 14.3 Å². The monoisotopic (exact) mass is 458 g/mol. The zero-order valence-corrected chi connectivity index (χ0v) is 19.6. The third kappa shape index (κ3) is 5.86. The Morgan fingerprint density at radius 3 is 2.29 bits per heavy atom. The lowest BCUT2D eigenvalue weighted by atomic mass is 10.1. The Hall–Kier alpha value is -4.00. The molecule has 0 bridgehead atoms. The van der Waals surface area contributed by atoms with Crippen LogP contribution in [0, 0.1) is 6.92 Å². The summed E-state index contributed by atoms with van der Waals surface area (Å²) < 4.78 is 5.17. The number of rotatable bonds is 7. The summed E-state index contributed by atoms with van der Waals surface area (Å²) >= 11 is 0. The maximum Gasteiger partial charge on any atom is 0.323 e. The van der Waals surface area contributed by atoms with Crippen molar-refractivity contribution in [2.45, 2.75) is 26.3 Å². The average Bonchev–Trinajstić information content (AvgIpc) is 3.39. The van der Waals surface area contributed by atoms with E-state index in [1.54, 1.807) is 19.2 Å². The third-order valence-corrected chi connectivity index (χ3v) is 5.88. The van der Waals surface area contributed by atoms with Crippen LogP contribution < -0.4 is 25.6 Å². The summed E-state index contributed by atoms with van der Waals surface area (Å²) in [5, 5.41) is 8.75. The van der Waals surface area contributed by atoms with Crippen molar-refractivity contribution >= 4 is 29.0 Å². The zero-order chi connectivity index (χ0) is 23.9. The van der Waals surface area contributed by atoms with Crippen LogP contribution in [0.25, 0.3) is 0 Å². The SMILES string of the molecule is COc1ccc(CNC(=O)c2ccc(N3CCCC3)c(NC(=O)Nc3ccc(C)cc3)c2)cc1. The number of aryl methyl sites for hydroxylation is 1. The predicted molar refractivity (Wildman–Crippen MR) is 136 cm³/mol. The van der Waals surface area contributed by atoms with Crippen LogP contribution in [-0.2, 0) is 6.54 Å². The number of nitrogens with one attached hydrogen (secondary N) is 3. The van der Waals surface area contributed by atoms with Gasteiger partial charge in [-0.25, -0.2) is 4.79 Å². The summed E-state index contributed by atoms with van der Waals surface area (Å²) in [5.41, 5.74) is 4.82. The van der Waals surface area contributed by atoms with Gasteiger partial charge < -0.3 is 25.6 Å². The maximum atomic E-state index is 12.9. The van der Waals surface area contributed by atoms with Crippen LogP contribution in [0.4, 0.5) is 21.9 Å². The number of hydrogen-bond acceptors (Lipinski definition) is 4. The molecule has 1 heterocycles. The number of urea groups is 1. The molecule has 0 atom stereocenters. The molecule has 3 N–H and O–H groups in total. The van der Waals surface area contributed by atoms with Gasteiger partial charge in [-0.15, -0.1) is 0 Å². The zero-order valence-electron chi connectivity index (χ0n) is 19.6. The standard InChI is InChI=1S/C27H30N4O3/c1-19-5-10-22(11-6-19)29-27(33)30-24-17-21(9-14-25(24)31-15-3-4-16-31)26(32)28-18-20-7-12-23(34-2)13-8-20/h5-14,17H,3-4,15-16,18H2,1-2H3,(H,28,32)(H2,29,30,33). The number of carbonyl (C=O) groups is 2. The number of benzene rings is 3. The summed E-state index contributed by atoms with van der Waals surface area (Å²) in [6.45, 7) is 4.25. The minimum Gasteiger partial charge on any atom is -0.497 e. The van der Waals surface area contributed by atoms with Crippen LogP contribution in [0.15, 0.2) is 66.7 Å². The van der Waals surface area contributed by atoms with E-state index in [1.165, 1.54) is 0 Å². The van der Waals surface area contributed by atoms with E-state index in [0.29, 0.717) is 23.5 Å². The number of carbonyl (C=O) groups excluding carboxylic acids is 2. The summed E-state index contributed by atoms with van der Waals surface area (Å²) in [4.78, 5) is 27.8. The molecule has 7 nitrogen and oxygen atoms in total. The first kappa shape index (κ1) is 23.2. The predicted octanol–water partition coefficient (Wildman–Crippen LogP) is 5.18. The highest BCUT2D eigenvalue weighted by molar-refractivity contribution is 6.04. The number of anilines is 3. The van der Waals surface area contributed by atoms with Gasteiger partial charge in [-0.3, -0.25) is 4.79 Å². The van der Waals surface area contributed by atoms with Gasteiger partial charge in [0.05, 0.1) is 18.5 Å². The van der Waals surface area contributed by atoms with Crippen LogP contribution >= 0.6 is 0 Å². The van der Waals surface area contributed by atoms with Gasteiger partial charge in [-0.2, -0.15) is 0 Å². The van der Waals surface area contributed by atoms with E-state index in [9.17, 15) is 9.59 Å². The molecule has 0 aromatic heterocycles. The molecular formula is C27H30N4O3. The number of nitrogens with zero attached hydrogens (tertiary/aromatic N) is 1. The summed E-state index contributed by atoms with van der Waals surface area (Å²) in [7, 11) is 1.62. The van der Waals surface area contributed by atoms with E-state index in [1.807, 2.05) is 61.5 Å². The molecule has 1 aliphatic heterocycles. The third-order valence-electron chi connectivity index (χ3n) is 5.88. The first-order valence-corrected chi connectivity index (χ1v) is 11.5. The molecule has 176 valence electrons. The van der Waals surface area contributed by atoms with Crippen LogP contribution in [0.1, 0.15) is 34.3 Å². The number of ether oxygens (including phenoxy) is 1. The number of amides is 3. The van der Waals surface area contributed by atoms with E-state index in [0.717, 1.165) is 48.5 Å². The molecule has 1 saturated heterocycles. The lowest BCUT2D eigenvalue weighted by Gasteiger charge is -2.22. The van der Waals surface area contributed by atoms with Crippen LogP contribution in [0.3, 0.4) is 0 Å². The number of methoxy groups -OCH3 is 1. The molecule has 3 aromatic rings. The lowest BCUT2D eigenvalue weighted by Crippen LogP contribution is -2.26. The normalized spacial score (nSPS) is 12.8. The molecule has 0 aliphatic carbocycles. The summed E-state index contributed by atoms with van der Waals surface area (Å²) in [5.74, 6) is 0.568. The van der Waals surface area contributed by atoms with Crippen LogP contribution in [0.2, 0.25) is 0 Å². The van der Waals surface area contributed by atoms with Crippen molar-refractivity contribution in [3.8, 4) is 5.75 Å². The highest BCUT2D eigenvalue weighted by Gasteiger charge is 2.19. The first-order chi connectivity index (χ1) is 16.5. The fraction of sp³-hybridized carbons (Fsp3) is 0.259. The van der Waals surface area contributed by atoms with E-state index >= 15 is 0 Å². The molecule has 34 heavy (non-hydrogen) atoms. The van der Waals surface area contributed by atoms with Gasteiger partial charge >= 0.3 is 6.03 Å². The van der Waals surface area contributed by atoms with Crippen LogP contribution in [0.5, 0.6) is 5.75 Å². The molecule has 7 heteroatoms. The largest absolute Gasteiger partial charge is 0.497 e. The molecule has 0 unspecified atom stereocenters. The minimum atomic E-state index is -0.347. The smallest absolute Gasteiger partial charge is 0.323 e. The second kappa shape index (κ2) is 10.7. The molecule has 1 fully saturated rings. The Morgan fingerprint density at radius 2 is 1.62 bits per heavy atom. The van der Waals surface area contributed by atoms with E-state index < -0.39 is 0 Å². The van der Waals surface area contributed by atoms with E-state index in [-0.39, 0.29) is 11.9 Å². The molecule has 3 aromatic carbocycles. The van der Waals surface area contributed by atoms with Crippen molar-refractivity contribution in [3.05, 3.63) is 83.4 Å². The highest BCUT2D eigenvalue weighted by atomic mass is 16.5. The molecule has 4 rings (SSSR count). The van der Waals surface area contributed by atoms with Crippen molar-refractivity contribution in [1.29, 1.82) is 0 Å². The Bertz CT molecular complexity index is 1140. The van der Waals surface area contributed by atoms with Gasteiger partial charge in [-0.05, 0) is 67.8 Å². The molecule has 0 saturated carbocycles. The second-order valence-corrected chi connectivity index (χ2v) is 8.40. The van der Waals surface area contributed by atoms with E-state index in [4.69, 9.17) is 4.74 Å². The Morgan fingerprint density at radius 1 is 0.912 bits per heavy atom. The van der Waals surface area contributed by atoms with Gasteiger partial charge in [0.2, 0.25) is 0 Å². The fourth-order valence-electron chi connectivity index (χ4n) is 3.96.